The van der Waals surface area contributed by atoms with E-state index in [1.54, 1.807) is 17.8 Å². The molecular weight excluding hydrogens is 344 g/mol. The largest absolute Gasteiger partial charge is 0.462 e. The lowest BCUT2D eigenvalue weighted by atomic mass is 10.0. The Labute approximate surface area is 159 Å². The Hall–Kier alpha value is -2.41. The first-order valence-corrected chi connectivity index (χ1v) is 9.64. The Kier molecular flexibility index (Phi) is 4.86. The van der Waals surface area contributed by atoms with Crippen LogP contribution in [0.1, 0.15) is 47.8 Å². The lowest BCUT2D eigenvalue weighted by Gasteiger charge is -2.22. The van der Waals surface area contributed by atoms with E-state index in [0.29, 0.717) is 18.7 Å². The standard InChI is InChI=1S/C20H26N4O3/c1-3-27-20(26)17-7-21-24(11-17)10-14-4-5-18(22-19(14)13(2)12-25)23-8-15-6-16(15)9-23/h4-5,7,11,13,15-16,25H,3,6,8-10,12H2,1-2H3/t13?,15-,16?/m0/s1. The molecule has 3 heterocycles. The molecule has 0 amide bonds. The van der Waals surface area contributed by atoms with Crippen LogP contribution in [0.25, 0.3) is 0 Å². The smallest absolute Gasteiger partial charge is 0.341 e. The number of hydrogen-bond donors (Lipinski definition) is 1. The lowest BCUT2D eigenvalue weighted by molar-refractivity contribution is 0.0526. The van der Waals surface area contributed by atoms with Gasteiger partial charge in [-0.2, -0.15) is 5.10 Å². The molecule has 0 radical (unpaired) electrons. The monoisotopic (exact) mass is 370 g/mol. The van der Waals surface area contributed by atoms with E-state index >= 15 is 0 Å². The van der Waals surface area contributed by atoms with Crippen molar-refractivity contribution in [1.29, 1.82) is 0 Å². The minimum absolute atomic E-state index is 0.0435. The minimum atomic E-state index is -0.367. The number of nitrogens with zero attached hydrogens (tertiary/aromatic N) is 4. The minimum Gasteiger partial charge on any atom is -0.462 e. The van der Waals surface area contributed by atoms with Crippen LogP contribution in [0.3, 0.4) is 0 Å². The summed E-state index contributed by atoms with van der Waals surface area (Å²) in [7, 11) is 0. The Morgan fingerprint density at radius 3 is 2.85 bits per heavy atom. The maximum atomic E-state index is 11.8. The molecule has 0 bridgehead atoms. The van der Waals surface area contributed by atoms with Gasteiger partial charge in [0.05, 0.1) is 37.2 Å². The van der Waals surface area contributed by atoms with E-state index in [1.807, 2.05) is 6.92 Å². The van der Waals surface area contributed by atoms with Crippen LogP contribution in [-0.4, -0.2) is 52.1 Å². The molecule has 1 saturated heterocycles. The molecule has 1 saturated carbocycles. The van der Waals surface area contributed by atoms with Crippen LogP contribution >= 0.6 is 0 Å². The molecule has 27 heavy (non-hydrogen) atoms. The summed E-state index contributed by atoms with van der Waals surface area (Å²) in [5, 5.41) is 14.0. The second-order valence-electron chi connectivity index (χ2n) is 7.61. The fourth-order valence-electron chi connectivity index (χ4n) is 3.85. The fourth-order valence-corrected chi connectivity index (χ4v) is 3.85. The molecule has 1 aliphatic heterocycles. The van der Waals surface area contributed by atoms with Crippen LogP contribution < -0.4 is 4.90 Å². The van der Waals surface area contributed by atoms with Crippen molar-refractivity contribution in [3.8, 4) is 0 Å². The predicted molar refractivity (Wildman–Crippen MR) is 101 cm³/mol. The molecule has 0 spiro atoms. The molecule has 0 aromatic carbocycles. The average molecular weight is 370 g/mol. The second-order valence-corrected chi connectivity index (χ2v) is 7.61. The molecule has 1 aliphatic carbocycles. The highest BCUT2D eigenvalue weighted by molar-refractivity contribution is 5.88. The van der Waals surface area contributed by atoms with E-state index in [0.717, 1.165) is 42.0 Å². The zero-order valence-electron chi connectivity index (χ0n) is 15.8. The van der Waals surface area contributed by atoms with Crippen LogP contribution in [0.2, 0.25) is 0 Å². The van der Waals surface area contributed by atoms with E-state index in [9.17, 15) is 9.90 Å². The number of piperidine rings is 1. The molecule has 2 fully saturated rings. The number of esters is 1. The quantitative estimate of drug-likeness (QED) is 0.752. The molecule has 2 aromatic rings. The maximum absolute atomic E-state index is 11.8. The maximum Gasteiger partial charge on any atom is 0.341 e. The third kappa shape index (κ3) is 3.69. The number of carbonyl (C=O) groups is 1. The summed E-state index contributed by atoms with van der Waals surface area (Å²) in [6, 6.07) is 4.13. The molecule has 2 aromatic heterocycles. The number of anilines is 1. The Bertz CT molecular complexity index is 824. The first-order valence-electron chi connectivity index (χ1n) is 9.64. The number of carbonyl (C=O) groups excluding carboxylic acids is 1. The van der Waals surface area contributed by atoms with Crippen LogP contribution in [0, 0.1) is 11.8 Å². The summed E-state index contributed by atoms with van der Waals surface area (Å²) in [5.74, 6) is 2.26. The van der Waals surface area contributed by atoms with E-state index in [-0.39, 0.29) is 18.5 Å². The van der Waals surface area contributed by atoms with Gasteiger partial charge in [-0.25, -0.2) is 9.78 Å². The van der Waals surface area contributed by atoms with E-state index in [1.165, 1.54) is 12.6 Å². The predicted octanol–water partition coefficient (Wildman–Crippen LogP) is 2.05. The van der Waals surface area contributed by atoms with E-state index < -0.39 is 0 Å². The molecule has 3 atom stereocenters. The Morgan fingerprint density at radius 2 is 2.15 bits per heavy atom. The van der Waals surface area contributed by atoms with Gasteiger partial charge in [0.15, 0.2) is 0 Å². The van der Waals surface area contributed by atoms with Gasteiger partial charge in [0.1, 0.15) is 5.82 Å². The zero-order valence-corrected chi connectivity index (χ0v) is 15.8. The number of pyridine rings is 1. The molecule has 4 rings (SSSR count). The van der Waals surface area contributed by atoms with Crippen LogP contribution in [-0.2, 0) is 11.3 Å². The third-order valence-electron chi connectivity index (χ3n) is 5.52. The molecule has 2 aliphatic rings. The van der Waals surface area contributed by atoms with Gasteiger partial charge in [-0.1, -0.05) is 13.0 Å². The average Bonchev–Trinajstić information content (AvgIpc) is 3.07. The topological polar surface area (TPSA) is 80.5 Å². The van der Waals surface area contributed by atoms with Crippen molar-refractivity contribution in [3.63, 3.8) is 0 Å². The number of aliphatic hydroxyl groups excluding tert-OH is 1. The number of fused-ring (bicyclic) bond motifs is 1. The van der Waals surface area contributed by atoms with Gasteiger partial charge < -0.3 is 14.7 Å². The van der Waals surface area contributed by atoms with Gasteiger partial charge in [-0.05, 0) is 36.8 Å². The van der Waals surface area contributed by atoms with Crippen LogP contribution in [0.4, 0.5) is 5.82 Å². The summed E-state index contributed by atoms with van der Waals surface area (Å²) in [6.45, 7) is 6.81. The molecular formula is C20H26N4O3. The van der Waals surface area contributed by atoms with Crippen molar-refractivity contribution in [1.82, 2.24) is 14.8 Å². The number of rotatable bonds is 7. The van der Waals surface area contributed by atoms with E-state index in [4.69, 9.17) is 9.72 Å². The highest BCUT2D eigenvalue weighted by Gasteiger charge is 2.45. The molecule has 7 nitrogen and oxygen atoms in total. The summed E-state index contributed by atoms with van der Waals surface area (Å²) in [4.78, 5) is 19.1. The highest BCUT2D eigenvalue weighted by Crippen LogP contribution is 2.46. The van der Waals surface area contributed by atoms with Gasteiger partial charge in [0.25, 0.3) is 0 Å². The zero-order chi connectivity index (χ0) is 19.0. The van der Waals surface area contributed by atoms with Gasteiger partial charge in [0.2, 0.25) is 0 Å². The summed E-state index contributed by atoms with van der Waals surface area (Å²) < 4.78 is 6.72. The number of aliphatic hydroxyl groups is 1. The van der Waals surface area contributed by atoms with Crippen molar-refractivity contribution in [2.75, 3.05) is 31.2 Å². The van der Waals surface area contributed by atoms with Gasteiger partial charge in [0, 0.05) is 25.2 Å². The number of aromatic nitrogens is 3. The molecule has 144 valence electrons. The lowest BCUT2D eigenvalue weighted by Crippen LogP contribution is -2.24. The summed E-state index contributed by atoms with van der Waals surface area (Å²) in [6.07, 6.45) is 4.56. The van der Waals surface area contributed by atoms with Crippen molar-refractivity contribution in [2.24, 2.45) is 11.8 Å². The SMILES string of the molecule is CCOC(=O)c1cnn(Cc2ccc(N3CC4C[C@H]4C3)nc2C(C)CO)c1. The fraction of sp³-hybridized carbons (Fsp3) is 0.550. The summed E-state index contributed by atoms with van der Waals surface area (Å²) >= 11 is 0. The van der Waals surface area contributed by atoms with Crippen LogP contribution in [0.5, 0.6) is 0 Å². The van der Waals surface area contributed by atoms with Crippen LogP contribution in [0.15, 0.2) is 24.5 Å². The van der Waals surface area contributed by atoms with Crippen molar-refractivity contribution in [3.05, 3.63) is 41.3 Å². The second kappa shape index (κ2) is 7.31. The van der Waals surface area contributed by atoms with Gasteiger partial charge >= 0.3 is 5.97 Å². The van der Waals surface area contributed by atoms with Gasteiger partial charge in [-0.3, -0.25) is 4.68 Å². The molecule has 1 N–H and O–H groups in total. The Morgan fingerprint density at radius 1 is 1.37 bits per heavy atom. The summed E-state index contributed by atoms with van der Waals surface area (Å²) in [5.41, 5.74) is 2.33. The first kappa shape index (κ1) is 18.0. The molecule has 2 unspecified atom stereocenters. The third-order valence-corrected chi connectivity index (χ3v) is 5.52. The highest BCUT2D eigenvalue weighted by atomic mass is 16.5. The van der Waals surface area contributed by atoms with Gasteiger partial charge in [-0.15, -0.1) is 0 Å². The van der Waals surface area contributed by atoms with Crippen molar-refractivity contribution < 1.29 is 14.6 Å². The van der Waals surface area contributed by atoms with Crippen molar-refractivity contribution in [2.45, 2.75) is 32.7 Å². The Balaban J connectivity index is 1.55. The first-order chi connectivity index (χ1) is 13.1. The van der Waals surface area contributed by atoms with E-state index in [2.05, 4.69) is 22.1 Å². The normalized spacial score (nSPS) is 21.8. The van der Waals surface area contributed by atoms with Crippen molar-refractivity contribution >= 4 is 11.8 Å². The number of ether oxygens (including phenoxy) is 1. The molecule has 7 heteroatoms. The number of hydrogen-bond acceptors (Lipinski definition) is 6.